The van der Waals surface area contributed by atoms with Crippen LogP contribution < -0.4 is 0 Å². The Morgan fingerprint density at radius 3 is 2.46 bits per heavy atom. The van der Waals surface area contributed by atoms with E-state index in [1.54, 1.807) is 18.5 Å². The SMILES string of the molecule is Fc1c[c]c(-c2ccncc2)cc1. The Hall–Kier alpha value is -1.70. The summed E-state index contributed by atoms with van der Waals surface area (Å²) in [6.07, 6.45) is 3.40. The molecule has 1 heterocycles. The predicted octanol–water partition coefficient (Wildman–Crippen LogP) is 2.69. The van der Waals surface area contributed by atoms with Gasteiger partial charge in [-0.25, -0.2) is 4.39 Å². The van der Waals surface area contributed by atoms with Gasteiger partial charge in [0.1, 0.15) is 5.82 Å². The van der Waals surface area contributed by atoms with E-state index in [9.17, 15) is 4.39 Å². The van der Waals surface area contributed by atoms with Crippen molar-refractivity contribution in [1.82, 2.24) is 4.98 Å². The topological polar surface area (TPSA) is 12.9 Å². The lowest BCUT2D eigenvalue weighted by Gasteiger charge is -1.98. The highest BCUT2D eigenvalue weighted by Gasteiger charge is 1.96. The normalized spacial score (nSPS) is 9.92. The smallest absolute Gasteiger partial charge is 0.123 e. The second-order valence-corrected chi connectivity index (χ2v) is 2.66. The van der Waals surface area contributed by atoms with Crippen molar-refractivity contribution >= 4 is 0 Å². The summed E-state index contributed by atoms with van der Waals surface area (Å²) in [5.74, 6) is -0.266. The van der Waals surface area contributed by atoms with Crippen LogP contribution in [0.2, 0.25) is 0 Å². The maximum atomic E-state index is 12.6. The number of hydrogen-bond acceptors (Lipinski definition) is 1. The summed E-state index contributed by atoms with van der Waals surface area (Å²) in [4.78, 5) is 3.90. The van der Waals surface area contributed by atoms with Crippen LogP contribution in [0.4, 0.5) is 4.39 Å². The second kappa shape index (κ2) is 3.35. The zero-order valence-corrected chi connectivity index (χ0v) is 6.87. The van der Waals surface area contributed by atoms with Gasteiger partial charge in [0.15, 0.2) is 0 Å². The summed E-state index contributed by atoms with van der Waals surface area (Å²) >= 11 is 0. The third kappa shape index (κ3) is 1.72. The molecule has 2 aromatic rings. The maximum absolute atomic E-state index is 12.6. The fraction of sp³-hybridized carbons (Fsp3) is 0. The van der Waals surface area contributed by atoms with Gasteiger partial charge in [0.25, 0.3) is 0 Å². The van der Waals surface area contributed by atoms with Crippen LogP contribution in [-0.2, 0) is 0 Å². The molecule has 0 spiro atoms. The average molecular weight is 172 g/mol. The zero-order chi connectivity index (χ0) is 9.10. The molecule has 1 aromatic carbocycles. The molecule has 0 aliphatic heterocycles. The van der Waals surface area contributed by atoms with Crippen LogP contribution in [0.1, 0.15) is 0 Å². The molecule has 0 saturated heterocycles. The molecule has 0 aliphatic carbocycles. The van der Waals surface area contributed by atoms with Crippen molar-refractivity contribution in [2.45, 2.75) is 0 Å². The lowest BCUT2D eigenvalue weighted by atomic mass is 10.1. The number of benzene rings is 1. The molecule has 0 amide bonds. The number of halogens is 1. The zero-order valence-electron chi connectivity index (χ0n) is 6.87. The first kappa shape index (κ1) is 7.92. The molecule has 0 fully saturated rings. The molecule has 0 saturated carbocycles. The van der Waals surface area contributed by atoms with Crippen molar-refractivity contribution in [3.8, 4) is 11.1 Å². The van der Waals surface area contributed by atoms with E-state index in [0.29, 0.717) is 0 Å². The Bertz CT molecular complexity index is 381. The molecule has 1 aromatic heterocycles. The molecule has 63 valence electrons. The molecule has 0 unspecified atom stereocenters. The van der Waals surface area contributed by atoms with E-state index in [-0.39, 0.29) is 5.82 Å². The third-order valence-corrected chi connectivity index (χ3v) is 1.77. The summed E-state index contributed by atoms with van der Waals surface area (Å²) < 4.78 is 12.6. The Balaban J connectivity index is 2.42. The highest BCUT2D eigenvalue weighted by Crippen LogP contribution is 2.17. The van der Waals surface area contributed by atoms with E-state index in [0.717, 1.165) is 11.1 Å². The van der Waals surface area contributed by atoms with Crippen LogP contribution in [0.5, 0.6) is 0 Å². The summed E-state index contributed by atoms with van der Waals surface area (Å²) in [5, 5.41) is 0. The Labute approximate surface area is 75.9 Å². The Morgan fingerprint density at radius 1 is 1.08 bits per heavy atom. The minimum Gasteiger partial charge on any atom is -0.265 e. The van der Waals surface area contributed by atoms with Crippen LogP contribution in [-0.4, -0.2) is 4.98 Å². The first-order valence-electron chi connectivity index (χ1n) is 3.94. The largest absolute Gasteiger partial charge is 0.265 e. The van der Waals surface area contributed by atoms with Gasteiger partial charge in [-0.2, -0.15) is 0 Å². The van der Waals surface area contributed by atoms with Crippen LogP contribution >= 0.6 is 0 Å². The quantitative estimate of drug-likeness (QED) is 0.644. The number of hydrogen-bond donors (Lipinski definition) is 0. The monoisotopic (exact) mass is 172 g/mol. The van der Waals surface area contributed by atoms with Crippen molar-refractivity contribution in [3.05, 3.63) is 54.6 Å². The molecule has 0 aliphatic rings. The summed E-state index contributed by atoms with van der Waals surface area (Å²) in [7, 11) is 0. The lowest BCUT2D eigenvalue weighted by Crippen LogP contribution is -1.79. The highest BCUT2D eigenvalue weighted by atomic mass is 19.1. The summed E-state index contributed by atoms with van der Waals surface area (Å²) in [6, 6.07) is 11.0. The van der Waals surface area contributed by atoms with Crippen LogP contribution in [0, 0.1) is 11.9 Å². The van der Waals surface area contributed by atoms with Crippen LogP contribution in [0.3, 0.4) is 0 Å². The molecular weight excluding hydrogens is 165 g/mol. The van der Waals surface area contributed by atoms with Crippen LogP contribution in [0.25, 0.3) is 11.1 Å². The van der Waals surface area contributed by atoms with E-state index in [1.165, 1.54) is 12.1 Å². The molecular formula is C11H7FN. The van der Waals surface area contributed by atoms with E-state index in [2.05, 4.69) is 11.1 Å². The number of aromatic nitrogens is 1. The predicted molar refractivity (Wildman–Crippen MR) is 48.5 cm³/mol. The minimum absolute atomic E-state index is 0.266. The van der Waals surface area contributed by atoms with E-state index >= 15 is 0 Å². The van der Waals surface area contributed by atoms with E-state index in [4.69, 9.17) is 0 Å². The molecule has 1 nitrogen and oxygen atoms in total. The Kier molecular flexibility index (Phi) is 2.04. The number of nitrogens with zero attached hydrogens (tertiary/aromatic N) is 1. The molecule has 0 atom stereocenters. The van der Waals surface area contributed by atoms with Gasteiger partial charge in [-0.3, -0.25) is 4.98 Å². The third-order valence-electron chi connectivity index (χ3n) is 1.77. The molecule has 0 N–H and O–H groups in total. The maximum Gasteiger partial charge on any atom is 0.123 e. The van der Waals surface area contributed by atoms with Crippen molar-refractivity contribution in [1.29, 1.82) is 0 Å². The van der Waals surface area contributed by atoms with Crippen LogP contribution in [0.15, 0.2) is 42.7 Å². The standard InChI is InChI=1S/C11H7FN/c12-11-3-1-9(2-4-11)10-5-7-13-8-6-10/h1,3-8H. The highest BCUT2D eigenvalue weighted by molar-refractivity contribution is 5.61. The average Bonchev–Trinajstić information content (AvgIpc) is 2.20. The molecule has 13 heavy (non-hydrogen) atoms. The fourth-order valence-electron chi connectivity index (χ4n) is 1.12. The second-order valence-electron chi connectivity index (χ2n) is 2.66. The van der Waals surface area contributed by atoms with Gasteiger partial charge < -0.3 is 0 Å². The van der Waals surface area contributed by atoms with Crippen molar-refractivity contribution < 1.29 is 4.39 Å². The summed E-state index contributed by atoms with van der Waals surface area (Å²) in [6.45, 7) is 0. The van der Waals surface area contributed by atoms with E-state index < -0.39 is 0 Å². The van der Waals surface area contributed by atoms with Gasteiger partial charge in [-0.15, -0.1) is 0 Å². The number of rotatable bonds is 1. The number of pyridine rings is 1. The molecule has 2 heteroatoms. The van der Waals surface area contributed by atoms with Gasteiger partial charge in [0.2, 0.25) is 0 Å². The lowest BCUT2D eigenvalue weighted by molar-refractivity contribution is 0.628. The van der Waals surface area contributed by atoms with Crippen molar-refractivity contribution in [2.24, 2.45) is 0 Å². The first-order valence-corrected chi connectivity index (χ1v) is 3.94. The summed E-state index contributed by atoms with van der Waals surface area (Å²) in [5.41, 5.74) is 1.87. The first-order chi connectivity index (χ1) is 6.36. The van der Waals surface area contributed by atoms with Gasteiger partial charge in [-0.1, -0.05) is 6.07 Å². The van der Waals surface area contributed by atoms with Gasteiger partial charge in [-0.05, 0) is 41.5 Å². The van der Waals surface area contributed by atoms with Gasteiger partial charge in [0.05, 0.1) is 0 Å². The molecule has 1 radical (unpaired) electrons. The van der Waals surface area contributed by atoms with Gasteiger partial charge in [0, 0.05) is 12.4 Å². The molecule has 0 bridgehead atoms. The van der Waals surface area contributed by atoms with E-state index in [1.807, 2.05) is 12.1 Å². The molecule has 2 rings (SSSR count). The minimum atomic E-state index is -0.266. The van der Waals surface area contributed by atoms with Crippen molar-refractivity contribution in [3.63, 3.8) is 0 Å². The fourth-order valence-corrected chi connectivity index (χ4v) is 1.12. The van der Waals surface area contributed by atoms with Crippen molar-refractivity contribution in [2.75, 3.05) is 0 Å². The van der Waals surface area contributed by atoms with Gasteiger partial charge >= 0.3 is 0 Å². The Morgan fingerprint density at radius 2 is 1.85 bits per heavy atom.